The predicted octanol–water partition coefficient (Wildman–Crippen LogP) is 1.68. The molecule has 0 aliphatic heterocycles. The molecule has 0 spiro atoms. The van der Waals surface area contributed by atoms with E-state index in [4.69, 9.17) is 9.47 Å². The van der Waals surface area contributed by atoms with Gasteiger partial charge in [0.2, 0.25) is 11.0 Å². The molecule has 1 atom stereocenters. The Morgan fingerprint density at radius 3 is 2.04 bits per heavy atom. The third-order valence-electron chi connectivity index (χ3n) is 3.00. The molecule has 0 aromatic carbocycles. The zero-order valence-corrected chi connectivity index (χ0v) is 16.0. The van der Waals surface area contributed by atoms with E-state index in [9.17, 15) is 19.2 Å². The van der Waals surface area contributed by atoms with Gasteiger partial charge in [-0.15, -0.1) is 0 Å². The van der Waals surface area contributed by atoms with E-state index >= 15 is 0 Å². The number of esters is 2. The van der Waals surface area contributed by atoms with E-state index in [1.165, 1.54) is 0 Å². The normalized spacial score (nSPS) is 12.5. The fourth-order valence-electron chi connectivity index (χ4n) is 1.77. The highest BCUT2D eigenvalue weighted by Gasteiger charge is 2.40. The Labute approximate surface area is 147 Å². The number of ether oxygens (including phenoxy) is 2. The Hall–Kier alpha value is -1.57. The zero-order chi connectivity index (χ0) is 18.9. The zero-order valence-electron chi connectivity index (χ0n) is 15.1. The van der Waals surface area contributed by atoms with Gasteiger partial charge in [0.25, 0.3) is 0 Å². The lowest BCUT2D eigenvalue weighted by Gasteiger charge is -2.32. The number of hydrogen-bond acceptors (Lipinski definition) is 7. The molecule has 0 aromatic rings. The molecule has 7 nitrogen and oxygen atoms in total. The molecule has 0 saturated heterocycles. The van der Waals surface area contributed by atoms with Crippen molar-refractivity contribution in [2.75, 3.05) is 13.2 Å². The molecule has 0 rings (SSSR count). The quantitative estimate of drug-likeness (QED) is 0.493. The second-order valence-electron chi connectivity index (χ2n) is 5.91. The highest BCUT2D eigenvalue weighted by Crippen LogP contribution is 2.31. The first-order chi connectivity index (χ1) is 11.0. The summed E-state index contributed by atoms with van der Waals surface area (Å²) in [5.74, 6) is -1.88. The van der Waals surface area contributed by atoms with Crippen LogP contribution in [0.1, 0.15) is 48.0 Å². The summed E-state index contributed by atoms with van der Waals surface area (Å²) in [6, 6.07) is -1.01. The van der Waals surface area contributed by atoms with Gasteiger partial charge in [-0.1, -0.05) is 25.6 Å². The molecule has 138 valence electrons. The Kier molecular flexibility index (Phi) is 9.65. The number of rotatable bonds is 9. The molecular weight excluding hydrogens is 334 g/mol. The average molecular weight is 361 g/mol. The van der Waals surface area contributed by atoms with Gasteiger partial charge in [-0.25, -0.2) is 4.79 Å². The molecule has 0 aliphatic carbocycles. The second kappa shape index (κ2) is 10.3. The summed E-state index contributed by atoms with van der Waals surface area (Å²) < 4.78 is 8.75. The van der Waals surface area contributed by atoms with Crippen LogP contribution >= 0.6 is 11.8 Å². The fourth-order valence-corrected chi connectivity index (χ4v) is 2.82. The van der Waals surface area contributed by atoms with Gasteiger partial charge in [0.15, 0.2) is 0 Å². The topological polar surface area (TPSA) is 98.8 Å². The first kappa shape index (κ1) is 22.4. The molecule has 1 unspecified atom stereocenters. The van der Waals surface area contributed by atoms with Crippen molar-refractivity contribution >= 4 is 34.7 Å². The number of carbonyl (C=O) groups is 4. The minimum absolute atomic E-state index is 0.157. The van der Waals surface area contributed by atoms with Crippen LogP contribution in [0.2, 0.25) is 0 Å². The van der Waals surface area contributed by atoms with Crippen molar-refractivity contribution in [3.63, 3.8) is 0 Å². The molecule has 0 heterocycles. The van der Waals surface area contributed by atoms with Crippen molar-refractivity contribution in [2.24, 2.45) is 5.92 Å². The van der Waals surface area contributed by atoms with Crippen molar-refractivity contribution in [1.82, 2.24) is 5.32 Å². The van der Waals surface area contributed by atoms with E-state index in [0.717, 1.165) is 11.8 Å². The van der Waals surface area contributed by atoms with E-state index in [1.54, 1.807) is 41.5 Å². The average Bonchev–Trinajstić information content (AvgIpc) is 2.43. The number of amides is 1. The fraction of sp³-hybridized carbons (Fsp3) is 0.750. The van der Waals surface area contributed by atoms with Crippen molar-refractivity contribution in [3.8, 4) is 0 Å². The molecule has 0 radical (unpaired) electrons. The summed E-state index contributed by atoms with van der Waals surface area (Å²) in [5, 5.41) is 2.18. The molecule has 24 heavy (non-hydrogen) atoms. The van der Waals surface area contributed by atoms with Crippen LogP contribution in [0, 0.1) is 5.92 Å². The number of hydrogen-bond donors (Lipinski definition) is 1. The van der Waals surface area contributed by atoms with E-state index < -0.39 is 34.3 Å². The highest BCUT2D eigenvalue weighted by atomic mass is 32.2. The maximum absolute atomic E-state index is 12.2. The van der Waals surface area contributed by atoms with Crippen LogP contribution in [0.4, 0.5) is 0 Å². The smallest absolute Gasteiger partial charge is 0.330 e. The van der Waals surface area contributed by atoms with Crippen molar-refractivity contribution < 1.29 is 28.7 Å². The van der Waals surface area contributed by atoms with Crippen LogP contribution in [0.5, 0.6) is 0 Å². The van der Waals surface area contributed by atoms with Gasteiger partial charge in [-0.3, -0.25) is 14.4 Å². The number of thioether (sulfide) groups is 1. The first-order valence-corrected chi connectivity index (χ1v) is 8.71. The molecule has 1 amide bonds. The lowest BCUT2D eigenvalue weighted by Crippen LogP contribution is -2.54. The summed E-state index contributed by atoms with van der Waals surface area (Å²) in [6.07, 6.45) is -0.393. The van der Waals surface area contributed by atoms with Gasteiger partial charge in [0.05, 0.1) is 13.2 Å². The Bertz CT molecular complexity index is 475. The monoisotopic (exact) mass is 361 g/mol. The first-order valence-electron chi connectivity index (χ1n) is 7.89. The van der Waals surface area contributed by atoms with Gasteiger partial charge < -0.3 is 14.8 Å². The maximum atomic E-state index is 12.2. The van der Waals surface area contributed by atoms with Crippen LogP contribution < -0.4 is 5.32 Å². The summed E-state index contributed by atoms with van der Waals surface area (Å²) in [5.41, 5.74) is 0. The van der Waals surface area contributed by atoms with Crippen LogP contribution in [0.3, 0.4) is 0 Å². The Morgan fingerprint density at radius 1 is 1.04 bits per heavy atom. The van der Waals surface area contributed by atoms with Gasteiger partial charge in [0.1, 0.15) is 12.5 Å². The largest absolute Gasteiger partial charge is 0.466 e. The molecule has 0 aliphatic rings. The van der Waals surface area contributed by atoms with Crippen LogP contribution in [-0.2, 0) is 28.7 Å². The molecular formula is C16H27NO6S. The molecule has 0 saturated carbocycles. The summed E-state index contributed by atoms with van der Waals surface area (Å²) in [6.45, 7) is 10.3. The number of carbonyl (C=O) groups excluding carboxylic acids is 4. The number of nitrogens with one attached hydrogen (secondary N) is 1. The molecule has 0 aromatic heterocycles. The molecule has 1 N–H and O–H groups in total. The SMILES string of the molecule is CCOC(=O)CC(=O)SC(C)(C)C(NC(=O)C(C)C)C(=O)OCC. The minimum atomic E-state index is -1.01. The Balaban J connectivity index is 5.12. The summed E-state index contributed by atoms with van der Waals surface area (Å²) in [4.78, 5) is 47.6. The van der Waals surface area contributed by atoms with Gasteiger partial charge in [0, 0.05) is 10.7 Å². The van der Waals surface area contributed by atoms with Crippen LogP contribution in [-0.4, -0.2) is 47.0 Å². The second-order valence-corrected chi connectivity index (χ2v) is 7.62. The molecule has 0 fully saturated rings. The predicted molar refractivity (Wildman–Crippen MR) is 91.3 cm³/mol. The third kappa shape index (κ3) is 7.81. The van der Waals surface area contributed by atoms with E-state index in [2.05, 4.69) is 5.32 Å². The molecule has 0 bridgehead atoms. The lowest BCUT2D eigenvalue weighted by molar-refractivity contribution is -0.148. The van der Waals surface area contributed by atoms with Gasteiger partial charge >= 0.3 is 11.9 Å². The summed E-state index contributed by atoms with van der Waals surface area (Å²) in [7, 11) is 0. The van der Waals surface area contributed by atoms with Crippen molar-refractivity contribution in [2.45, 2.75) is 58.8 Å². The Morgan fingerprint density at radius 2 is 1.58 bits per heavy atom. The van der Waals surface area contributed by atoms with E-state index in [1.807, 2.05) is 0 Å². The van der Waals surface area contributed by atoms with E-state index in [-0.39, 0.29) is 25.0 Å². The van der Waals surface area contributed by atoms with Gasteiger partial charge in [-0.2, -0.15) is 0 Å². The minimum Gasteiger partial charge on any atom is -0.466 e. The summed E-state index contributed by atoms with van der Waals surface area (Å²) >= 11 is 0.817. The van der Waals surface area contributed by atoms with Crippen LogP contribution in [0.15, 0.2) is 0 Å². The van der Waals surface area contributed by atoms with Crippen molar-refractivity contribution in [3.05, 3.63) is 0 Å². The standard InChI is InChI=1S/C16H27NO6S/c1-7-22-11(18)9-12(19)24-16(5,6)13(15(21)23-8-2)17-14(20)10(3)4/h10,13H,7-9H2,1-6H3,(H,17,20). The van der Waals surface area contributed by atoms with Crippen LogP contribution in [0.25, 0.3) is 0 Å². The van der Waals surface area contributed by atoms with Gasteiger partial charge in [-0.05, 0) is 27.7 Å². The highest BCUT2D eigenvalue weighted by molar-refractivity contribution is 8.14. The maximum Gasteiger partial charge on any atom is 0.330 e. The van der Waals surface area contributed by atoms with E-state index in [0.29, 0.717) is 0 Å². The third-order valence-corrected chi connectivity index (χ3v) is 4.13. The lowest BCUT2D eigenvalue weighted by atomic mass is 10.0. The molecule has 8 heteroatoms. The van der Waals surface area contributed by atoms with Crippen molar-refractivity contribution in [1.29, 1.82) is 0 Å².